The molecule has 0 fully saturated rings. The van der Waals surface area contributed by atoms with Crippen LogP contribution >= 0.6 is 11.6 Å². The molecule has 1 heterocycles. The molecule has 0 amide bonds. The minimum absolute atomic E-state index is 0.252. The summed E-state index contributed by atoms with van der Waals surface area (Å²) in [5.41, 5.74) is -0.906. The number of pyridine rings is 1. The van der Waals surface area contributed by atoms with Gasteiger partial charge in [-0.3, -0.25) is 0 Å². The molecule has 7 heteroatoms. The first-order valence-corrected chi connectivity index (χ1v) is 5.86. The number of halogens is 4. The SMILES string of the molecule is COCCN(CCCl)c1cccc(C(F)(F)F)n1. The number of alkyl halides is 4. The number of anilines is 1. The number of hydrogen-bond acceptors (Lipinski definition) is 3. The molecule has 0 saturated heterocycles. The molecule has 0 radical (unpaired) electrons. The maximum absolute atomic E-state index is 12.5. The Kier molecular flexibility index (Phi) is 5.68. The predicted molar refractivity (Wildman–Crippen MR) is 64.0 cm³/mol. The maximum Gasteiger partial charge on any atom is 0.433 e. The Labute approximate surface area is 109 Å². The normalized spacial score (nSPS) is 11.6. The number of hydrogen-bond donors (Lipinski definition) is 0. The number of ether oxygens (including phenoxy) is 1. The van der Waals surface area contributed by atoms with Crippen molar-refractivity contribution in [1.29, 1.82) is 0 Å². The van der Waals surface area contributed by atoms with Crippen molar-refractivity contribution in [2.24, 2.45) is 0 Å². The Balaban J connectivity index is 2.90. The summed E-state index contributed by atoms with van der Waals surface area (Å²) in [6.45, 7) is 1.26. The monoisotopic (exact) mass is 282 g/mol. The molecule has 1 aromatic rings. The summed E-state index contributed by atoms with van der Waals surface area (Å²) < 4.78 is 42.5. The molecule has 1 rings (SSSR count). The average molecular weight is 283 g/mol. The van der Waals surface area contributed by atoms with Gasteiger partial charge in [-0.15, -0.1) is 11.6 Å². The standard InChI is InChI=1S/C11H14ClF3N2O/c1-18-8-7-17(6-5-12)10-4-2-3-9(16-10)11(13,14)15/h2-4H,5-8H2,1H3. The average Bonchev–Trinajstić information content (AvgIpc) is 2.33. The Hall–Kier alpha value is -1.01. The molecular weight excluding hydrogens is 269 g/mol. The molecular formula is C11H14ClF3N2O. The molecule has 0 N–H and O–H groups in total. The van der Waals surface area contributed by atoms with E-state index >= 15 is 0 Å². The highest BCUT2D eigenvalue weighted by molar-refractivity contribution is 6.18. The van der Waals surface area contributed by atoms with E-state index in [1.165, 1.54) is 19.2 Å². The Morgan fingerprint density at radius 3 is 2.61 bits per heavy atom. The van der Waals surface area contributed by atoms with E-state index in [9.17, 15) is 13.2 Å². The van der Waals surface area contributed by atoms with Gasteiger partial charge in [-0.1, -0.05) is 6.07 Å². The summed E-state index contributed by atoms with van der Waals surface area (Å²) in [5, 5.41) is 0. The first-order chi connectivity index (χ1) is 8.49. The number of nitrogens with zero attached hydrogens (tertiary/aromatic N) is 2. The first kappa shape index (κ1) is 15.0. The molecule has 0 aliphatic rings. The van der Waals surface area contributed by atoms with Crippen molar-refractivity contribution in [3.8, 4) is 0 Å². The third-order valence-electron chi connectivity index (χ3n) is 2.27. The molecule has 0 bridgehead atoms. The molecule has 3 nitrogen and oxygen atoms in total. The second kappa shape index (κ2) is 6.80. The molecule has 0 saturated carbocycles. The van der Waals surface area contributed by atoms with Gasteiger partial charge in [0, 0.05) is 26.1 Å². The van der Waals surface area contributed by atoms with E-state index in [4.69, 9.17) is 16.3 Å². The second-order valence-electron chi connectivity index (χ2n) is 3.55. The number of aromatic nitrogens is 1. The van der Waals surface area contributed by atoms with Crippen LogP contribution in [0.25, 0.3) is 0 Å². The van der Waals surface area contributed by atoms with E-state index in [2.05, 4.69) is 4.98 Å². The Morgan fingerprint density at radius 2 is 2.06 bits per heavy atom. The van der Waals surface area contributed by atoms with E-state index in [-0.39, 0.29) is 5.82 Å². The van der Waals surface area contributed by atoms with Crippen molar-refractivity contribution in [3.63, 3.8) is 0 Å². The van der Waals surface area contributed by atoms with Crippen molar-refractivity contribution in [2.45, 2.75) is 6.18 Å². The molecule has 0 aliphatic carbocycles. The van der Waals surface area contributed by atoms with E-state index in [0.29, 0.717) is 25.6 Å². The van der Waals surface area contributed by atoms with E-state index in [0.717, 1.165) is 6.07 Å². The zero-order chi connectivity index (χ0) is 13.6. The van der Waals surface area contributed by atoms with Gasteiger partial charge < -0.3 is 9.64 Å². The van der Waals surface area contributed by atoms with E-state index < -0.39 is 11.9 Å². The van der Waals surface area contributed by atoms with Crippen LogP contribution in [-0.4, -0.2) is 37.7 Å². The highest BCUT2D eigenvalue weighted by Gasteiger charge is 2.32. The van der Waals surface area contributed by atoms with Crippen LogP contribution in [0.15, 0.2) is 18.2 Å². The van der Waals surface area contributed by atoms with Crippen LogP contribution in [0.4, 0.5) is 19.0 Å². The third-order valence-corrected chi connectivity index (χ3v) is 2.44. The van der Waals surface area contributed by atoms with Gasteiger partial charge in [0.2, 0.25) is 0 Å². The lowest BCUT2D eigenvalue weighted by Crippen LogP contribution is -2.30. The van der Waals surface area contributed by atoms with Crippen LogP contribution in [0.1, 0.15) is 5.69 Å². The fraction of sp³-hybridized carbons (Fsp3) is 0.545. The molecule has 0 atom stereocenters. The van der Waals surface area contributed by atoms with Crippen LogP contribution in [0.3, 0.4) is 0 Å². The number of methoxy groups -OCH3 is 1. The maximum atomic E-state index is 12.5. The summed E-state index contributed by atoms with van der Waals surface area (Å²) in [7, 11) is 1.53. The fourth-order valence-corrected chi connectivity index (χ4v) is 1.61. The highest BCUT2D eigenvalue weighted by Crippen LogP contribution is 2.28. The van der Waals surface area contributed by atoms with Crippen LogP contribution in [0, 0.1) is 0 Å². The van der Waals surface area contributed by atoms with Gasteiger partial charge in [-0.05, 0) is 12.1 Å². The zero-order valence-electron chi connectivity index (χ0n) is 9.88. The summed E-state index contributed by atoms with van der Waals surface area (Å²) in [6, 6.07) is 3.80. The summed E-state index contributed by atoms with van der Waals surface area (Å²) in [4.78, 5) is 5.26. The Bertz CT molecular complexity index is 374. The lowest BCUT2D eigenvalue weighted by atomic mass is 10.3. The molecule has 0 unspecified atom stereocenters. The second-order valence-corrected chi connectivity index (χ2v) is 3.93. The van der Waals surface area contributed by atoms with Gasteiger partial charge in [0.25, 0.3) is 0 Å². The number of rotatable bonds is 6. The van der Waals surface area contributed by atoms with Crippen molar-refractivity contribution < 1.29 is 17.9 Å². The molecule has 1 aromatic heterocycles. The molecule has 0 aromatic carbocycles. The minimum atomic E-state index is -4.44. The molecule has 102 valence electrons. The minimum Gasteiger partial charge on any atom is -0.383 e. The lowest BCUT2D eigenvalue weighted by Gasteiger charge is -2.23. The topological polar surface area (TPSA) is 25.4 Å². The third kappa shape index (κ3) is 4.34. The summed E-state index contributed by atoms with van der Waals surface area (Å²) >= 11 is 5.62. The Morgan fingerprint density at radius 1 is 1.33 bits per heavy atom. The summed E-state index contributed by atoms with van der Waals surface area (Å²) in [5.74, 6) is 0.560. The van der Waals surface area contributed by atoms with Crippen LogP contribution in [0.5, 0.6) is 0 Å². The van der Waals surface area contributed by atoms with Gasteiger partial charge in [-0.25, -0.2) is 4.98 Å². The van der Waals surface area contributed by atoms with Crippen molar-refractivity contribution in [2.75, 3.05) is 37.6 Å². The summed E-state index contributed by atoms with van der Waals surface area (Å²) in [6.07, 6.45) is -4.44. The van der Waals surface area contributed by atoms with Gasteiger partial charge in [-0.2, -0.15) is 13.2 Å². The molecule has 0 aliphatic heterocycles. The fourth-order valence-electron chi connectivity index (χ4n) is 1.40. The largest absolute Gasteiger partial charge is 0.433 e. The highest BCUT2D eigenvalue weighted by atomic mass is 35.5. The van der Waals surface area contributed by atoms with Crippen LogP contribution in [0.2, 0.25) is 0 Å². The van der Waals surface area contributed by atoms with E-state index in [1.54, 1.807) is 4.90 Å². The zero-order valence-corrected chi connectivity index (χ0v) is 10.6. The quantitative estimate of drug-likeness (QED) is 0.750. The van der Waals surface area contributed by atoms with Gasteiger partial charge in [0.05, 0.1) is 6.61 Å². The van der Waals surface area contributed by atoms with E-state index in [1.807, 2.05) is 0 Å². The molecule has 0 spiro atoms. The van der Waals surface area contributed by atoms with Crippen LogP contribution < -0.4 is 4.90 Å². The van der Waals surface area contributed by atoms with Gasteiger partial charge >= 0.3 is 6.18 Å². The van der Waals surface area contributed by atoms with Gasteiger partial charge in [0.15, 0.2) is 0 Å². The van der Waals surface area contributed by atoms with Crippen LogP contribution in [-0.2, 0) is 10.9 Å². The first-order valence-electron chi connectivity index (χ1n) is 5.33. The van der Waals surface area contributed by atoms with Crippen molar-refractivity contribution >= 4 is 17.4 Å². The van der Waals surface area contributed by atoms with Gasteiger partial charge in [0.1, 0.15) is 11.5 Å². The van der Waals surface area contributed by atoms with Crippen molar-refractivity contribution in [1.82, 2.24) is 4.98 Å². The molecule has 18 heavy (non-hydrogen) atoms. The smallest absolute Gasteiger partial charge is 0.383 e. The predicted octanol–water partition coefficient (Wildman–Crippen LogP) is 2.79. The van der Waals surface area contributed by atoms with Crippen molar-refractivity contribution in [3.05, 3.63) is 23.9 Å². The lowest BCUT2D eigenvalue weighted by molar-refractivity contribution is -0.141.